The number of amides is 3. The molecule has 1 heterocycles. The van der Waals surface area contributed by atoms with Gasteiger partial charge in [0.2, 0.25) is 5.91 Å². The van der Waals surface area contributed by atoms with E-state index in [1.807, 2.05) is 82.5 Å². The number of phenols is 1. The van der Waals surface area contributed by atoms with Crippen molar-refractivity contribution in [2.24, 2.45) is 0 Å². The second-order valence-corrected chi connectivity index (χ2v) is 13.6. The van der Waals surface area contributed by atoms with Crippen LogP contribution in [-0.2, 0) is 29.1 Å². The molecular weight excluding hydrogens is 576 g/mol. The predicted molar refractivity (Wildman–Crippen MR) is 173 cm³/mol. The van der Waals surface area contributed by atoms with Crippen LogP contribution in [0.5, 0.6) is 5.75 Å². The van der Waals surface area contributed by atoms with Crippen molar-refractivity contribution < 1.29 is 24.6 Å². The molecule has 44 heavy (non-hydrogen) atoms. The van der Waals surface area contributed by atoms with Crippen molar-refractivity contribution in [2.75, 3.05) is 20.0 Å². The molecule has 9 nitrogen and oxygen atoms in total. The molecular formula is C34H42N4O5S. The number of nitrogens with zero attached hydrogens (tertiary/aromatic N) is 2. The third-order valence-electron chi connectivity index (χ3n) is 7.83. The first-order chi connectivity index (χ1) is 20.9. The molecule has 1 aliphatic rings. The summed E-state index contributed by atoms with van der Waals surface area (Å²) >= 11 is 1.46. The Morgan fingerprint density at radius 1 is 1.00 bits per heavy atom. The molecule has 3 amide bonds. The van der Waals surface area contributed by atoms with Crippen LogP contribution in [-0.4, -0.2) is 80.6 Å². The van der Waals surface area contributed by atoms with Crippen LogP contribution in [0.2, 0.25) is 0 Å². The maximum absolute atomic E-state index is 13.9. The van der Waals surface area contributed by atoms with Crippen molar-refractivity contribution in [3.8, 4) is 5.75 Å². The van der Waals surface area contributed by atoms with Crippen LogP contribution >= 0.6 is 11.8 Å². The SMILES string of the molecule is Cc1c(O)cccc1C(=O)NC(Cc1ccccc1)[C@H](O)C(=O)N1CSC(C)(C)[C@H]1C(=O)NCc1cccc(CN(C)C)c1. The minimum absolute atomic E-state index is 0.0245. The quantitative estimate of drug-likeness (QED) is 0.260. The number of carbonyl (C=O) groups excluding carboxylic acids is 3. The number of hydrogen-bond donors (Lipinski definition) is 4. The molecule has 10 heteroatoms. The standard InChI is InChI=1S/C34H42N4O5S/c1-22-26(15-10-16-28(22)39)31(41)36-27(18-23-11-7-6-8-12-23)29(40)33(43)38-21-44-34(2,3)30(38)32(42)35-19-24-13-9-14-25(17-24)20-37(4)5/h6-17,27,29-30,39-40H,18-21H2,1-5H3,(H,35,42)(H,36,41)/t27?,29-,30+/m0/s1. The summed E-state index contributed by atoms with van der Waals surface area (Å²) in [5.41, 5.74) is 3.54. The fourth-order valence-corrected chi connectivity index (χ4v) is 6.61. The Labute approximate surface area is 263 Å². The Bertz CT molecular complexity index is 1480. The molecule has 3 atom stereocenters. The highest BCUT2D eigenvalue weighted by Gasteiger charge is 2.49. The van der Waals surface area contributed by atoms with Gasteiger partial charge in [-0.05, 0) is 70.1 Å². The highest BCUT2D eigenvalue weighted by atomic mass is 32.2. The molecule has 234 valence electrons. The zero-order valence-electron chi connectivity index (χ0n) is 25.9. The number of nitrogens with one attached hydrogen (secondary N) is 2. The normalized spacial score (nSPS) is 17.2. The molecule has 1 unspecified atom stereocenters. The van der Waals surface area contributed by atoms with Crippen LogP contribution in [0, 0.1) is 6.92 Å². The zero-order valence-corrected chi connectivity index (χ0v) is 26.7. The summed E-state index contributed by atoms with van der Waals surface area (Å²) in [5, 5.41) is 27.4. The highest BCUT2D eigenvalue weighted by Crippen LogP contribution is 2.40. The Morgan fingerprint density at radius 3 is 2.36 bits per heavy atom. The number of aliphatic hydroxyl groups excluding tert-OH is 1. The summed E-state index contributed by atoms with van der Waals surface area (Å²) in [4.78, 5) is 44.4. The molecule has 0 radical (unpaired) electrons. The number of phenolic OH excluding ortho intramolecular Hbond substituents is 1. The van der Waals surface area contributed by atoms with Gasteiger partial charge in [-0.15, -0.1) is 11.8 Å². The van der Waals surface area contributed by atoms with Crippen LogP contribution in [0.3, 0.4) is 0 Å². The van der Waals surface area contributed by atoms with Gasteiger partial charge in [0.05, 0.1) is 11.9 Å². The van der Waals surface area contributed by atoms with E-state index >= 15 is 0 Å². The van der Waals surface area contributed by atoms with Crippen molar-refractivity contribution in [1.82, 2.24) is 20.4 Å². The van der Waals surface area contributed by atoms with Gasteiger partial charge in [0.25, 0.3) is 11.8 Å². The first-order valence-electron chi connectivity index (χ1n) is 14.6. The molecule has 0 aliphatic carbocycles. The summed E-state index contributed by atoms with van der Waals surface area (Å²) in [6.45, 7) is 6.53. The fraction of sp³-hybridized carbons (Fsp3) is 0.382. The van der Waals surface area contributed by atoms with Gasteiger partial charge >= 0.3 is 0 Å². The van der Waals surface area contributed by atoms with Crippen molar-refractivity contribution in [3.05, 3.63) is 101 Å². The van der Waals surface area contributed by atoms with Gasteiger partial charge in [-0.3, -0.25) is 14.4 Å². The maximum atomic E-state index is 13.9. The van der Waals surface area contributed by atoms with Gasteiger partial charge in [-0.25, -0.2) is 0 Å². The molecule has 4 rings (SSSR count). The third-order valence-corrected chi connectivity index (χ3v) is 9.21. The van der Waals surface area contributed by atoms with Gasteiger partial charge in [0.1, 0.15) is 11.8 Å². The Hall–Kier alpha value is -3.86. The topological polar surface area (TPSA) is 122 Å². The fourth-order valence-electron chi connectivity index (χ4n) is 5.47. The Kier molecular flexibility index (Phi) is 10.7. The number of aromatic hydroxyl groups is 1. The van der Waals surface area contributed by atoms with E-state index in [4.69, 9.17) is 0 Å². The highest BCUT2D eigenvalue weighted by molar-refractivity contribution is 8.00. The molecule has 0 aromatic heterocycles. The van der Waals surface area contributed by atoms with E-state index in [0.717, 1.165) is 23.2 Å². The second kappa shape index (κ2) is 14.3. The van der Waals surface area contributed by atoms with E-state index in [1.165, 1.54) is 22.7 Å². The van der Waals surface area contributed by atoms with E-state index in [-0.39, 0.29) is 29.5 Å². The summed E-state index contributed by atoms with van der Waals surface area (Å²) in [6, 6.07) is 20.1. The van der Waals surface area contributed by atoms with Crippen LogP contribution in [0.1, 0.15) is 46.5 Å². The molecule has 3 aromatic rings. The molecule has 0 spiro atoms. The van der Waals surface area contributed by atoms with Gasteiger partial charge in [0.15, 0.2) is 6.10 Å². The minimum atomic E-state index is -1.62. The maximum Gasteiger partial charge on any atom is 0.254 e. The van der Waals surface area contributed by atoms with Gasteiger partial charge < -0.3 is 30.6 Å². The average Bonchev–Trinajstić information content (AvgIpc) is 3.31. The van der Waals surface area contributed by atoms with Gasteiger partial charge in [-0.1, -0.05) is 60.7 Å². The lowest BCUT2D eigenvalue weighted by atomic mass is 9.96. The van der Waals surface area contributed by atoms with Crippen LogP contribution < -0.4 is 10.6 Å². The van der Waals surface area contributed by atoms with Crippen LogP contribution in [0.4, 0.5) is 0 Å². The molecule has 1 aliphatic heterocycles. The van der Waals surface area contributed by atoms with Gasteiger partial charge in [-0.2, -0.15) is 0 Å². The number of thioether (sulfide) groups is 1. The Balaban J connectivity index is 1.53. The number of hydrogen-bond acceptors (Lipinski definition) is 7. The monoisotopic (exact) mass is 618 g/mol. The summed E-state index contributed by atoms with van der Waals surface area (Å²) in [7, 11) is 4.00. The van der Waals surface area contributed by atoms with Crippen molar-refractivity contribution >= 4 is 29.5 Å². The van der Waals surface area contributed by atoms with Crippen molar-refractivity contribution in [3.63, 3.8) is 0 Å². The van der Waals surface area contributed by atoms with Gasteiger partial charge in [0, 0.05) is 29.0 Å². The van der Waals surface area contributed by atoms with E-state index in [9.17, 15) is 24.6 Å². The van der Waals surface area contributed by atoms with Crippen molar-refractivity contribution in [2.45, 2.75) is 63.2 Å². The first kappa shape index (κ1) is 33.0. The average molecular weight is 619 g/mol. The summed E-state index contributed by atoms with van der Waals surface area (Å²) in [6.07, 6.45) is -1.44. The molecule has 1 fully saturated rings. The third kappa shape index (κ3) is 7.99. The van der Waals surface area contributed by atoms with E-state index in [2.05, 4.69) is 15.5 Å². The van der Waals surface area contributed by atoms with Crippen LogP contribution in [0.25, 0.3) is 0 Å². The molecule has 3 aromatic carbocycles. The minimum Gasteiger partial charge on any atom is -0.508 e. The van der Waals surface area contributed by atoms with Crippen molar-refractivity contribution in [1.29, 1.82) is 0 Å². The number of aliphatic hydroxyl groups is 1. The Morgan fingerprint density at radius 2 is 1.66 bits per heavy atom. The lowest BCUT2D eigenvalue weighted by Gasteiger charge is -2.33. The molecule has 4 N–H and O–H groups in total. The summed E-state index contributed by atoms with van der Waals surface area (Å²) < 4.78 is -0.608. The zero-order chi connectivity index (χ0) is 32.0. The predicted octanol–water partition coefficient (Wildman–Crippen LogP) is 3.46. The number of carbonyl (C=O) groups is 3. The van der Waals surface area contributed by atoms with Crippen LogP contribution in [0.15, 0.2) is 72.8 Å². The number of benzene rings is 3. The number of rotatable bonds is 11. The largest absolute Gasteiger partial charge is 0.508 e. The first-order valence-corrected chi connectivity index (χ1v) is 15.6. The van der Waals surface area contributed by atoms with E-state index < -0.39 is 34.7 Å². The smallest absolute Gasteiger partial charge is 0.254 e. The lowest BCUT2D eigenvalue weighted by Crippen LogP contribution is -2.58. The second-order valence-electron chi connectivity index (χ2n) is 12.0. The lowest BCUT2D eigenvalue weighted by molar-refractivity contribution is -0.147. The summed E-state index contributed by atoms with van der Waals surface area (Å²) in [5.74, 6) is -1.27. The molecule has 1 saturated heterocycles. The van der Waals surface area contributed by atoms with E-state index in [1.54, 1.807) is 19.1 Å². The molecule has 0 bridgehead atoms. The van der Waals surface area contributed by atoms with E-state index in [0.29, 0.717) is 12.1 Å². The molecule has 0 saturated carbocycles.